The molecule has 9 nitrogen and oxygen atoms in total. The van der Waals surface area contributed by atoms with Gasteiger partial charge >= 0.3 is 5.97 Å². The van der Waals surface area contributed by atoms with Gasteiger partial charge in [0.15, 0.2) is 0 Å². The summed E-state index contributed by atoms with van der Waals surface area (Å²) in [6, 6.07) is 2.00. The minimum absolute atomic E-state index is 0. The van der Waals surface area contributed by atoms with Crippen LogP contribution in [0.3, 0.4) is 0 Å². The van der Waals surface area contributed by atoms with Crippen LogP contribution in [0, 0.1) is 22.5 Å². The van der Waals surface area contributed by atoms with Crippen LogP contribution in [0.4, 0.5) is 5.69 Å². The van der Waals surface area contributed by atoms with E-state index in [1.54, 1.807) is 6.92 Å². The van der Waals surface area contributed by atoms with Crippen molar-refractivity contribution in [1.29, 1.82) is 0 Å². The summed E-state index contributed by atoms with van der Waals surface area (Å²) < 4.78 is 32.4. The number of rotatable bonds is 5. The Balaban J connectivity index is 0.00000392. The van der Waals surface area contributed by atoms with E-state index < -0.39 is 32.0 Å². The molecule has 28 heavy (non-hydrogen) atoms. The van der Waals surface area contributed by atoms with Gasteiger partial charge in [-0.3, -0.25) is 10.1 Å². The molecular formula is C17H26ClN3O6S. The molecule has 11 heteroatoms. The van der Waals surface area contributed by atoms with Gasteiger partial charge in [-0.2, -0.15) is 4.31 Å². The fraction of sp³-hybridized carbons (Fsp3) is 0.588. The van der Waals surface area contributed by atoms with Crippen molar-refractivity contribution in [2.45, 2.75) is 45.1 Å². The molecule has 0 saturated carbocycles. The van der Waals surface area contributed by atoms with Gasteiger partial charge in [0.25, 0.3) is 5.69 Å². The standard InChI is InChI=1S/C17H25N3O6S.ClH/c1-5-26-16(21)13-8-12(9-14(11(13)2)20(22)23)27(24,25)19-7-6-15(18)17(3,4)10-19;/h8-9,15H,5-7,10,18H2,1-4H3;1H. The van der Waals surface area contributed by atoms with Gasteiger partial charge in [0.1, 0.15) is 0 Å². The Kier molecular flexibility index (Phi) is 7.57. The first-order valence-electron chi connectivity index (χ1n) is 8.63. The minimum Gasteiger partial charge on any atom is -0.462 e. The molecule has 1 aliphatic heterocycles. The zero-order chi connectivity index (χ0) is 20.6. The highest BCUT2D eigenvalue weighted by atomic mass is 35.5. The Labute approximate surface area is 170 Å². The highest BCUT2D eigenvalue weighted by Gasteiger charge is 2.39. The summed E-state index contributed by atoms with van der Waals surface area (Å²) in [6.45, 7) is 7.21. The van der Waals surface area contributed by atoms with Gasteiger partial charge in [0.2, 0.25) is 10.0 Å². The number of nitrogens with two attached hydrogens (primary N) is 1. The number of hydrogen-bond acceptors (Lipinski definition) is 7. The lowest BCUT2D eigenvalue weighted by molar-refractivity contribution is -0.385. The number of nitro benzene ring substituents is 1. The number of halogens is 1. The first kappa shape index (κ1) is 24.3. The molecule has 1 fully saturated rings. The van der Waals surface area contributed by atoms with Crippen LogP contribution in [0.1, 0.15) is 43.1 Å². The molecule has 0 radical (unpaired) electrons. The molecule has 0 amide bonds. The van der Waals surface area contributed by atoms with E-state index in [0.717, 1.165) is 12.1 Å². The first-order chi connectivity index (χ1) is 12.4. The maximum absolute atomic E-state index is 13.1. The van der Waals surface area contributed by atoms with Gasteiger partial charge in [-0.05, 0) is 31.7 Å². The van der Waals surface area contributed by atoms with E-state index in [0.29, 0.717) is 6.42 Å². The average molecular weight is 436 g/mol. The van der Waals surface area contributed by atoms with E-state index >= 15 is 0 Å². The molecule has 1 aromatic rings. The first-order valence-corrected chi connectivity index (χ1v) is 10.1. The van der Waals surface area contributed by atoms with Crippen LogP contribution in [0.25, 0.3) is 0 Å². The van der Waals surface area contributed by atoms with E-state index in [2.05, 4.69) is 0 Å². The summed E-state index contributed by atoms with van der Waals surface area (Å²) in [4.78, 5) is 22.6. The topological polar surface area (TPSA) is 133 Å². The lowest BCUT2D eigenvalue weighted by Crippen LogP contribution is -2.53. The molecule has 1 aliphatic rings. The summed E-state index contributed by atoms with van der Waals surface area (Å²) >= 11 is 0. The highest BCUT2D eigenvalue weighted by molar-refractivity contribution is 7.89. The number of benzene rings is 1. The molecule has 1 saturated heterocycles. The van der Waals surface area contributed by atoms with Crippen LogP contribution in [-0.4, -0.2) is 49.4 Å². The average Bonchev–Trinajstić information content (AvgIpc) is 2.57. The van der Waals surface area contributed by atoms with E-state index in [4.69, 9.17) is 10.5 Å². The molecule has 0 aromatic heterocycles. The van der Waals surface area contributed by atoms with Gasteiger partial charge in [-0.25, -0.2) is 13.2 Å². The monoisotopic (exact) mass is 435 g/mol. The minimum atomic E-state index is -4.03. The van der Waals surface area contributed by atoms with Crippen LogP contribution in [-0.2, 0) is 14.8 Å². The third-order valence-electron chi connectivity index (χ3n) is 4.96. The van der Waals surface area contributed by atoms with E-state index in [1.165, 1.54) is 11.2 Å². The van der Waals surface area contributed by atoms with Crippen molar-refractivity contribution in [2.24, 2.45) is 11.1 Å². The molecule has 0 bridgehead atoms. The number of esters is 1. The number of nitro groups is 1. The lowest BCUT2D eigenvalue weighted by atomic mass is 9.81. The van der Waals surface area contributed by atoms with Crippen LogP contribution in [0.15, 0.2) is 17.0 Å². The molecule has 158 valence electrons. The fourth-order valence-electron chi connectivity index (χ4n) is 3.11. The van der Waals surface area contributed by atoms with E-state index in [1.807, 2.05) is 13.8 Å². The van der Waals surface area contributed by atoms with Crippen LogP contribution in [0.2, 0.25) is 0 Å². The molecule has 1 aromatic carbocycles. The Morgan fingerprint density at radius 3 is 2.54 bits per heavy atom. The van der Waals surface area contributed by atoms with Crippen molar-refractivity contribution in [2.75, 3.05) is 19.7 Å². The number of piperidine rings is 1. The predicted octanol–water partition coefficient (Wildman–Crippen LogP) is 2.25. The lowest BCUT2D eigenvalue weighted by Gasteiger charge is -2.41. The van der Waals surface area contributed by atoms with Gasteiger partial charge in [-0.15, -0.1) is 12.4 Å². The van der Waals surface area contributed by atoms with Crippen LogP contribution >= 0.6 is 12.4 Å². The number of carbonyl (C=O) groups is 1. The third-order valence-corrected chi connectivity index (χ3v) is 6.78. The molecule has 1 atom stereocenters. The molecule has 1 heterocycles. The summed E-state index contributed by atoms with van der Waals surface area (Å²) in [5.74, 6) is -0.795. The SMILES string of the molecule is CCOC(=O)c1cc(S(=O)(=O)N2CCC(N)C(C)(C)C2)cc([N+](=O)[O-])c1C.Cl. The van der Waals surface area contributed by atoms with Crippen molar-refractivity contribution in [3.8, 4) is 0 Å². The highest BCUT2D eigenvalue weighted by Crippen LogP contribution is 2.33. The number of hydrogen-bond donors (Lipinski definition) is 1. The smallest absolute Gasteiger partial charge is 0.338 e. The Morgan fingerprint density at radius 1 is 1.43 bits per heavy atom. The van der Waals surface area contributed by atoms with Gasteiger partial charge < -0.3 is 10.5 Å². The maximum atomic E-state index is 13.1. The summed E-state index contributed by atoms with van der Waals surface area (Å²) in [6.07, 6.45) is 0.477. The molecule has 1 unspecified atom stereocenters. The van der Waals surface area contributed by atoms with Crippen molar-refractivity contribution >= 4 is 34.1 Å². The largest absolute Gasteiger partial charge is 0.462 e. The molecule has 0 aliphatic carbocycles. The van der Waals surface area contributed by atoms with Crippen molar-refractivity contribution in [3.05, 3.63) is 33.4 Å². The predicted molar refractivity (Wildman–Crippen MR) is 106 cm³/mol. The second kappa shape index (κ2) is 8.73. The van der Waals surface area contributed by atoms with Crippen molar-refractivity contribution in [3.63, 3.8) is 0 Å². The molecular weight excluding hydrogens is 410 g/mol. The van der Waals surface area contributed by atoms with Crippen molar-refractivity contribution < 1.29 is 22.9 Å². The zero-order valence-electron chi connectivity index (χ0n) is 16.3. The Hall–Kier alpha value is -1.75. The van der Waals surface area contributed by atoms with Gasteiger partial charge in [0.05, 0.1) is 22.0 Å². The molecule has 0 spiro atoms. The van der Waals surface area contributed by atoms with Crippen LogP contribution in [0.5, 0.6) is 0 Å². The molecule has 2 rings (SSSR count). The van der Waals surface area contributed by atoms with Gasteiger partial charge in [-0.1, -0.05) is 13.8 Å². The molecule has 2 N–H and O–H groups in total. The van der Waals surface area contributed by atoms with E-state index in [9.17, 15) is 23.3 Å². The Morgan fingerprint density at radius 2 is 2.04 bits per heavy atom. The number of nitrogens with zero attached hydrogens (tertiary/aromatic N) is 2. The summed E-state index contributed by atoms with van der Waals surface area (Å²) in [7, 11) is -4.03. The number of sulfonamides is 1. The normalized spacial score (nSPS) is 19.5. The fourth-order valence-corrected chi connectivity index (χ4v) is 4.79. The third kappa shape index (κ3) is 4.62. The van der Waals surface area contributed by atoms with Gasteiger partial charge in [0, 0.05) is 30.8 Å². The maximum Gasteiger partial charge on any atom is 0.338 e. The van der Waals surface area contributed by atoms with E-state index in [-0.39, 0.29) is 54.2 Å². The zero-order valence-corrected chi connectivity index (χ0v) is 17.9. The summed E-state index contributed by atoms with van der Waals surface area (Å²) in [5, 5.41) is 11.4. The van der Waals surface area contributed by atoms with Crippen LogP contribution < -0.4 is 5.73 Å². The number of ether oxygens (including phenoxy) is 1. The number of carbonyl (C=O) groups excluding carboxylic acids is 1. The second-order valence-corrected chi connectivity index (χ2v) is 9.25. The van der Waals surface area contributed by atoms with Crippen molar-refractivity contribution in [1.82, 2.24) is 4.31 Å². The second-order valence-electron chi connectivity index (χ2n) is 7.31. The Bertz CT molecular complexity index is 872. The summed E-state index contributed by atoms with van der Waals surface area (Å²) in [5.41, 5.74) is 5.13. The quantitative estimate of drug-likeness (QED) is 0.426.